The number of piperazine rings is 1. The lowest BCUT2D eigenvalue weighted by Gasteiger charge is -2.47. The van der Waals surface area contributed by atoms with Crippen LogP contribution in [0.25, 0.3) is 0 Å². The van der Waals surface area contributed by atoms with E-state index in [0.29, 0.717) is 42.5 Å². The molecule has 9 nitrogen and oxygen atoms in total. The first kappa shape index (κ1) is 26.6. The van der Waals surface area contributed by atoms with Crippen molar-refractivity contribution in [2.24, 2.45) is 0 Å². The molecule has 3 heterocycles. The number of nitrogens with one attached hydrogen (secondary N) is 1. The summed E-state index contributed by atoms with van der Waals surface area (Å²) in [5, 5.41) is 2.64. The van der Waals surface area contributed by atoms with Crippen LogP contribution in [0, 0.1) is 5.82 Å². The number of anilines is 2. The van der Waals surface area contributed by atoms with E-state index in [1.807, 2.05) is 0 Å². The number of piperidine rings is 1. The minimum atomic E-state index is -0.510. The van der Waals surface area contributed by atoms with Crippen LogP contribution in [0.1, 0.15) is 47.0 Å². The van der Waals surface area contributed by atoms with Gasteiger partial charge in [-0.1, -0.05) is 34.5 Å². The first-order valence-corrected chi connectivity index (χ1v) is 13.2. The van der Waals surface area contributed by atoms with Crippen molar-refractivity contribution in [3.05, 3.63) is 44.9 Å². The zero-order valence-electron chi connectivity index (χ0n) is 20.3. The molecule has 36 heavy (non-hydrogen) atoms. The summed E-state index contributed by atoms with van der Waals surface area (Å²) in [5.74, 6) is -0.677. The van der Waals surface area contributed by atoms with Crippen molar-refractivity contribution in [2.45, 2.75) is 38.3 Å². The van der Waals surface area contributed by atoms with E-state index in [1.165, 1.54) is 19.2 Å². The Morgan fingerprint density at radius 2 is 1.94 bits per heavy atom. The Morgan fingerprint density at radius 3 is 2.58 bits per heavy atom. The van der Waals surface area contributed by atoms with Gasteiger partial charge in [0, 0.05) is 56.3 Å². The molecule has 0 radical (unpaired) electrons. The number of benzene rings is 1. The molecular weight excluding hydrogens is 553 g/mol. The first-order chi connectivity index (χ1) is 17.2. The van der Waals surface area contributed by atoms with Gasteiger partial charge in [-0.25, -0.2) is 14.4 Å². The molecule has 0 unspecified atom stereocenters. The third-order valence-corrected chi connectivity index (χ3v) is 7.73. The minimum absolute atomic E-state index is 0.0150. The van der Waals surface area contributed by atoms with E-state index in [-0.39, 0.29) is 34.2 Å². The maximum Gasteiger partial charge on any atom is 0.273 e. The maximum absolute atomic E-state index is 14.3. The Kier molecular flexibility index (Phi) is 8.31. The number of halogens is 3. The number of nitrogens with two attached hydrogens (primary N) is 1. The Balaban J connectivity index is 1.40. The highest BCUT2D eigenvalue weighted by Gasteiger charge is 2.35. The van der Waals surface area contributed by atoms with Crippen LogP contribution in [0.4, 0.5) is 16.0 Å². The molecule has 0 aliphatic carbocycles. The van der Waals surface area contributed by atoms with Gasteiger partial charge in [-0.05, 0) is 37.5 Å². The highest BCUT2D eigenvalue weighted by atomic mass is 79.9. The van der Waals surface area contributed by atoms with Gasteiger partial charge in [-0.15, -0.1) is 0 Å². The highest BCUT2D eigenvalue weighted by molar-refractivity contribution is 9.10. The van der Waals surface area contributed by atoms with Crippen molar-refractivity contribution in [1.29, 1.82) is 0 Å². The fourth-order valence-corrected chi connectivity index (χ4v) is 5.62. The number of nitrogens with zero attached hydrogens (tertiary/aromatic N) is 5. The Morgan fingerprint density at radius 1 is 1.22 bits per heavy atom. The lowest BCUT2D eigenvalue weighted by atomic mass is 9.97. The molecule has 12 heteroatoms. The number of nitrogen functional groups attached to an aromatic ring is 1. The van der Waals surface area contributed by atoms with Crippen LogP contribution >= 0.6 is 27.5 Å². The quantitative estimate of drug-likeness (QED) is 0.558. The van der Waals surface area contributed by atoms with Crippen LogP contribution in [0.15, 0.2) is 22.7 Å². The molecule has 2 saturated heterocycles. The summed E-state index contributed by atoms with van der Waals surface area (Å²) < 4.78 is 14.9. The van der Waals surface area contributed by atoms with Crippen LogP contribution in [0.2, 0.25) is 5.15 Å². The average molecular weight is 583 g/mol. The molecule has 0 bridgehead atoms. The molecule has 1 atom stereocenters. The number of likely N-dealkylation sites (tertiary alicyclic amines) is 1. The number of rotatable bonds is 5. The molecule has 194 valence electrons. The van der Waals surface area contributed by atoms with Gasteiger partial charge in [0.1, 0.15) is 5.82 Å². The third-order valence-electron chi connectivity index (χ3n) is 6.99. The zero-order valence-corrected chi connectivity index (χ0v) is 22.6. The Labute approximate surface area is 223 Å². The average Bonchev–Trinajstić information content (AvgIpc) is 2.88. The topological polar surface area (TPSA) is 108 Å². The summed E-state index contributed by atoms with van der Waals surface area (Å²) in [6.07, 6.45) is 2.58. The van der Waals surface area contributed by atoms with Crippen molar-refractivity contribution in [1.82, 2.24) is 25.1 Å². The van der Waals surface area contributed by atoms with E-state index in [4.69, 9.17) is 17.3 Å². The zero-order chi connectivity index (χ0) is 26.0. The predicted octanol–water partition coefficient (Wildman–Crippen LogP) is 3.18. The highest BCUT2D eigenvalue weighted by Crippen LogP contribution is 2.30. The van der Waals surface area contributed by atoms with Crippen molar-refractivity contribution in [3.63, 3.8) is 0 Å². The summed E-state index contributed by atoms with van der Waals surface area (Å²) in [6, 6.07) is 5.12. The van der Waals surface area contributed by atoms with Gasteiger partial charge in [0.2, 0.25) is 0 Å². The van der Waals surface area contributed by atoms with Crippen molar-refractivity contribution < 1.29 is 14.0 Å². The second-order valence-corrected chi connectivity index (χ2v) is 10.3. The summed E-state index contributed by atoms with van der Waals surface area (Å²) in [6.45, 7) is 5.51. The largest absolute Gasteiger partial charge is 0.382 e. The molecule has 0 spiro atoms. The second-order valence-electron chi connectivity index (χ2n) is 9.04. The van der Waals surface area contributed by atoms with Crippen LogP contribution in [0.3, 0.4) is 0 Å². The summed E-state index contributed by atoms with van der Waals surface area (Å²) >= 11 is 9.63. The van der Waals surface area contributed by atoms with Gasteiger partial charge in [-0.3, -0.25) is 14.5 Å². The van der Waals surface area contributed by atoms with E-state index in [2.05, 4.69) is 47.9 Å². The first-order valence-electron chi connectivity index (χ1n) is 12.0. The van der Waals surface area contributed by atoms with Crippen LogP contribution in [-0.4, -0.2) is 83.4 Å². The fourth-order valence-electron chi connectivity index (χ4n) is 5.05. The molecular formula is C24H30BrClFN7O2. The number of aromatic nitrogens is 2. The predicted molar refractivity (Wildman–Crippen MR) is 141 cm³/mol. The Bertz CT molecular complexity index is 1150. The number of carbonyl (C=O) groups excluding carboxylic acids is 2. The number of amides is 2. The molecule has 1 aromatic carbocycles. The summed E-state index contributed by atoms with van der Waals surface area (Å²) in [4.78, 5) is 39.7. The third kappa shape index (κ3) is 5.42. The van der Waals surface area contributed by atoms with Crippen molar-refractivity contribution >= 4 is 51.0 Å². The van der Waals surface area contributed by atoms with Gasteiger partial charge in [0.15, 0.2) is 22.5 Å². The molecule has 1 aromatic heterocycles. The van der Waals surface area contributed by atoms with Crippen LogP contribution < -0.4 is 16.0 Å². The van der Waals surface area contributed by atoms with Crippen LogP contribution in [0.5, 0.6) is 0 Å². The van der Waals surface area contributed by atoms with Gasteiger partial charge >= 0.3 is 0 Å². The molecule has 0 saturated carbocycles. The van der Waals surface area contributed by atoms with Gasteiger partial charge in [0.25, 0.3) is 11.8 Å². The lowest BCUT2D eigenvalue weighted by molar-refractivity contribution is 0.0487. The standard InChI is InChI=1S/C24H30BrClFN7O2/c1-3-15-13-33(22-20(26)30-19(21(28)31-22)23(35)29-2)10-11-34(15)16-6-8-32(9-7-16)24(36)17-5-4-14(25)12-18(17)27/h4-5,12,15-16H,3,6-11,13H2,1-2H3,(H2,28,31)(H,29,35)/t15-/m0/s1. The monoisotopic (exact) mass is 581 g/mol. The van der Waals surface area contributed by atoms with Crippen LogP contribution in [-0.2, 0) is 0 Å². The summed E-state index contributed by atoms with van der Waals surface area (Å²) in [7, 11) is 1.50. The molecule has 2 aromatic rings. The normalized spacial score (nSPS) is 19.4. The molecule has 3 N–H and O–H groups in total. The molecule has 2 amide bonds. The molecule has 4 rings (SSSR count). The van der Waals surface area contributed by atoms with E-state index < -0.39 is 11.7 Å². The van der Waals surface area contributed by atoms with Gasteiger partial charge in [-0.2, -0.15) is 0 Å². The molecule has 2 fully saturated rings. The maximum atomic E-state index is 14.3. The second kappa shape index (κ2) is 11.3. The van der Waals surface area contributed by atoms with Gasteiger partial charge < -0.3 is 20.9 Å². The lowest BCUT2D eigenvalue weighted by Crippen LogP contribution is -2.58. The van der Waals surface area contributed by atoms with Crippen molar-refractivity contribution in [3.8, 4) is 0 Å². The minimum Gasteiger partial charge on any atom is -0.382 e. The number of carbonyl (C=O) groups is 2. The van der Waals surface area contributed by atoms with E-state index >= 15 is 0 Å². The van der Waals surface area contributed by atoms with Crippen molar-refractivity contribution in [2.75, 3.05) is 50.4 Å². The number of hydrogen-bond donors (Lipinski definition) is 2. The van der Waals surface area contributed by atoms with Gasteiger partial charge in [0.05, 0.1) is 5.56 Å². The SMILES string of the molecule is CC[C@H]1CN(c2nc(N)c(C(=O)NC)nc2Cl)CCN1C1CCN(C(=O)c2ccc(Br)cc2F)CC1. The van der Waals surface area contributed by atoms with E-state index in [9.17, 15) is 14.0 Å². The molecule has 2 aliphatic rings. The summed E-state index contributed by atoms with van der Waals surface area (Å²) in [5.41, 5.74) is 6.12. The van der Waals surface area contributed by atoms with E-state index in [0.717, 1.165) is 25.8 Å². The fraction of sp³-hybridized carbons (Fsp3) is 0.500. The van der Waals surface area contributed by atoms with E-state index in [1.54, 1.807) is 11.0 Å². The smallest absolute Gasteiger partial charge is 0.273 e. The number of hydrogen-bond acceptors (Lipinski definition) is 7. The molecule has 2 aliphatic heterocycles. The Hall–Kier alpha value is -2.50.